The first-order valence-corrected chi connectivity index (χ1v) is 12.1. The number of nitrogens with zero attached hydrogens (tertiary/aromatic N) is 1. The van der Waals surface area contributed by atoms with Crippen LogP contribution in [-0.4, -0.2) is 56.0 Å². The fourth-order valence-corrected chi connectivity index (χ4v) is 4.03. The van der Waals surface area contributed by atoms with Gasteiger partial charge in [-0.3, -0.25) is 4.90 Å². The molecule has 0 bridgehead atoms. The Labute approximate surface area is 198 Å². The average molecular weight is 455 g/mol. The molecule has 180 valence electrons. The molecule has 6 nitrogen and oxygen atoms in total. The molecular weight excluding hydrogens is 416 g/mol. The lowest BCUT2D eigenvalue weighted by molar-refractivity contribution is -0.162. The van der Waals surface area contributed by atoms with Crippen molar-refractivity contribution in [1.29, 1.82) is 0 Å². The highest BCUT2D eigenvalue weighted by atomic mass is 16.6. The van der Waals surface area contributed by atoms with Crippen molar-refractivity contribution in [3.05, 3.63) is 65.7 Å². The fraction of sp³-hybridized carbons (Fsp3) is 0.519. The normalized spacial score (nSPS) is 19.4. The summed E-state index contributed by atoms with van der Waals surface area (Å²) in [6, 6.07) is 18.6. The van der Waals surface area contributed by atoms with Gasteiger partial charge in [-0.05, 0) is 56.0 Å². The van der Waals surface area contributed by atoms with E-state index in [0.717, 1.165) is 31.7 Å². The highest BCUT2D eigenvalue weighted by Crippen LogP contribution is 2.24. The topological polar surface area (TPSA) is 60.0 Å². The molecule has 1 N–H and O–H groups in total. The van der Waals surface area contributed by atoms with E-state index >= 15 is 0 Å². The van der Waals surface area contributed by atoms with Gasteiger partial charge < -0.3 is 19.5 Å². The second kappa shape index (κ2) is 13.3. The molecule has 2 aromatic carbocycles. The predicted molar refractivity (Wildman–Crippen MR) is 130 cm³/mol. The van der Waals surface area contributed by atoms with Gasteiger partial charge in [-0.2, -0.15) is 0 Å². The molecule has 6 heteroatoms. The second-order valence-corrected chi connectivity index (χ2v) is 8.69. The summed E-state index contributed by atoms with van der Waals surface area (Å²) >= 11 is 0. The maximum absolute atomic E-state index is 12.4. The minimum Gasteiger partial charge on any atom is -0.491 e. The van der Waals surface area contributed by atoms with E-state index in [-0.39, 0.29) is 18.1 Å². The number of nitrogens with one attached hydrogen (secondary N) is 1. The Balaban J connectivity index is 1.50. The maximum Gasteiger partial charge on any atom is 0.350 e. The largest absolute Gasteiger partial charge is 0.491 e. The molecule has 1 fully saturated rings. The Morgan fingerprint density at radius 1 is 1.15 bits per heavy atom. The van der Waals surface area contributed by atoms with Crippen LogP contribution < -0.4 is 10.1 Å². The van der Waals surface area contributed by atoms with Gasteiger partial charge in [-0.1, -0.05) is 55.8 Å². The van der Waals surface area contributed by atoms with Gasteiger partial charge >= 0.3 is 5.97 Å². The van der Waals surface area contributed by atoms with Crippen molar-refractivity contribution >= 4 is 5.97 Å². The first kappa shape index (κ1) is 25.2. The summed E-state index contributed by atoms with van der Waals surface area (Å²) in [5, 5.41) is 3.48. The number of carbonyl (C=O) groups excluding carboxylic acids is 1. The van der Waals surface area contributed by atoms with Crippen LogP contribution in [0.25, 0.3) is 0 Å². The lowest BCUT2D eigenvalue weighted by Crippen LogP contribution is -2.43. The molecule has 1 saturated heterocycles. The quantitative estimate of drug-likeness (QED) is 0.362. The van der Waals surface area contributed by atoms with E-state index in [0.29, 0.717) is 13.2 Å². The number of unbranched alkanes of at least 4 members (excludes halogenated alkanes) is 1. The monoisotopic (exact) mass is 454 g/mol. The Hall–Kier alpha value is -2.41. The molecule has 1 aliphatic rings. The minimum absolute atomic E-state index is 0.172. The van der Waals surface area contributed by atoms with Crippen molar-refractivity contribution in [3.63, 3.8) is 0 Å². The Bertz CT molecular complexity index is 828. The summed E-state index contributed by atoms with van der Waals surface area (Å²) in [5.41, 5.74) is 2.61. The lowest BCUT2D eigenvalue weighted by atomic mass is 10.0. The van der Waals surface area contributed by atoms with Crippen LogP contribution in [0.15, 0.2) is 54.6 Å². The number of hydrogen-bond acceptors (Lipinski definition) is 6. The molecule has 2 aromatic rings. The van der Waals surface area contributed by atoms with Gasteiger partial charge in [0.25, 0.3) is 0 Å². The molecule has 1 heterocycles. The molecule has 1 aliphatic heterocycles. The SMILES string of the molecule is CCCCNCc1ccc(CC[C@@H](C)N2CC(COc3ccccc3)OC2C(=O)OC)cc1. The third-order valence-corrected chi connectivity index (χ3v) is 6.10. The van der Waals surface area contributed by atoms with Crippen LogP contribution in [0.5, 0.6) is 5.75 Å². The molecule has 0 saturated carbocycles. The van der Waals surface area contributed by atoms with E-state index in [1.54, 1.807) is 0 Å². The number of esters is 1. The highest BCUT2D eigenvalue weighted by molar-refractivity contribution is 5.74. The Morgan fingerprint density at radius 2 is 1.88 bits per heavy atom. The molecule has 0 aromatic heterocycles. The van der Waals surface area contributed by atoms with E-state index in [4.69, 9.17) is 14.2 Å². The number of ether oxygens (including phenoxy) is 3. The van der Waals surface area contributed by atoms with Crippen molar-refractivity contribution < 1.29 is 19.0 Å². The lowest BCUT2D eigenvalue weighted by Gasteiger charge is -2.27. The molecular formula is C27H38N2O4. The third kappa shape index (κ3) is 7.84. The molecule has 2 unspecified atom stereocenters. The maximum atomic E-state index is 12.4. The van der Waals surface area contributed by atoms with Gasteiger partial charge in [0, 0.05) is 19.1 Å². The molecule has 0 amide bonds. The number of rotatable bonds is 13. The molecule has 0 aliphatic carbocycles. The average Bonchev–Trinajstić information content (AvgIpc) is 3.29. The van der Waals surface area contributed by atoms with E-state index in [1.165, 1.54) is 31.1 Å². The first-order valence-electron chi connectivity index (χ1n) is 12.1. The Kier molecular flexibility index (Phi) is 10.2. The third-order valence-electron chi connectivity index (χ3n) is 6.10. The standard InChI is InChI=1S/C27H38N2O4/c1-4-5-17-28-18-23-15-13-22(14-16-23)12-11-21(2)29-19-25(33-26(29)27(30)31-3)20-32-24-9-7-6-8-10-24/h6-10,13-16,21,25-26,28H,4-5,11-12,17-20H2,1-3H3/t21-,25?,26?/m1/s1. The second-order valence-electron chi connectivity index (χ2n) is 8.69. The van der Waals surface area contributed by atoms with Crippen LogP contribution in [-0.2, 0) is 27.2 Å². The van der Waals surface area contributed by atoms with Crippen LogP contribution >= 0.6 is 0 Å². The van der Waals surface area contributed by atoms with Crippen molar-refractivity contribution in [3.8, 4) is 5.75 Å². The number of methoxy groups -OCH3 is 1. The smallest absolute Gasteiger partial charge is 0.350 e. The summed E-state index contributed by atoms with van der Waals surface area (Å²) in [5.74, 6) is 0.440. The van der Waals surface area contributed by atoms with Crippen LogP contribution in [0, 0.1) is 0 Å². The van der Waals surface area contributed by atoms with E-state index in [9.17, 15) is 4.79 Å². The number of hydrogen-bond donors (Lipinski definition) is 1. The summed E-state index contributed by atoms with van der Waals surface area (Å²) in [7, 11) is 1.40. The molecule has 0 radical (unpaired) electrons. The van der Waals surface area contributed by atoms with E-state index in [2.05, 4.69) is 48.3 Å². The van der Waals surface area contributed by atoms with Crippen LogP contribution in [0.2, 0.25) is 0 Å². The van der Waals surface area contributed by atoms with E-state index in [1.807, 2.05) is 30.3 Å². The van der Waals surface area contributed by atoms with Crippen LogP contribution in [0.3, 0.4) is 0 Å². The van der Waals surface area contributed by atoms with Gasteiger partial charge in [0.05, 0.1) is 7.11 Å². The minimum atomic E-state index is -0.689. The number of aryl methyl sites for hydroxylation is 1. The number of carbonyl (C=O) groups is 1. The zero-order valence-electron chi connectivity index (χ0n) is 20.2. The van der Waals surface area contributed by atoms with Crippen molar-refractivity contribution in [2.75, 3.05) is 26.8 Å². The van der Waals surface area contributed by atoms with Crippen molar-refractivity contribution in [2.45, 2.75) is 64.4 Å². The molecule has 3 rings (SSSR count). The summed E-state index contributed by atoms with van der Waals surface area (Å²) < 4.78 is 16.9. The van der Waals surface area contributed by atoms with E-state index < -0.39 is 6.23 Å². The van der Waals surface area contributed by atoms with Crippen molar-refractivity contribution in [2.24, 2.45) is 0 Å². The van der Waals surface area contributed by atoms with Crippen LogP contribution in [0.1, 0.15) is 44.2 Å². The molecule has 3 atom stereocenters. The number of para-hydroxylation sites is 1. The van der Waals surface area contributed by atoms with Gasteiger partial charge in [0.15, 0.2) is 0 Å². The molecule has 33 heavy (non-hydrogen) atoms. The van der Waals surface area contributed by atoms with Gasteiger partial charge in [-0.15, -0.1) is 0 Å². The number of benzene rings is 2. The van der Waals surface area contributed by atoms with Gasteiger partial charge in [-0.25, -0.2) is 4.79 Å². The Morgan fingerprint density at radius 3 is 2.58 bits per heavy atom. The molecule has 0 spiro atoms. The van der Waals surface area contributed by atoms with Gasteiger partial charge in [0.2, 0.25) is 6.23 Å². The predicted octanol–water partition coefficient (Wildman–Crippen LogP) is 4.18. The zero-order chi connectivity index (χ0) is 23.5. The fourth-order valence-electron chi connectivity index (χ4n) is 4.03. The van der Waals surface area contributed by atoms with Gasteiger partial charge in [0.1, 0.15) is 18.5 Å². The summed E-state index contributed by atoms with van der Waals surface area (Å²) in [6.45, 7) is 7.36. The first-order chi connectivity index (χ1) is 16.1. The highest BCUT2D eigenvalue weighted by Gasteiger charge is 2.41. The van der Waals surface area contributed by atoms with Crippen molar-refractivity contribution in [1.82, 2.24) is 10.2 Å². The van der Waals surface area contributed by atoms with Crippen LogP contribution in [0.4, 0.5) is 0 Å². The summed E-state index contributed by atoms with van der Waals surface area (Å²) in [4.78, 5) is 14.4. The zero-order valence-corrected chi connectivity index (χ0v) is 20.2. The summed E-state index contributed by atoms with van der Waals surface area (Å²) in [6.07, 6.45) is 3.42.